The van der Waals surface area contributed by atoms with Crippen molar-refractivity contribution in [3.63, 3.8) is 0 Å². The lowest BCUT2D eigenvalue weighted by Crippen LogP contribution is -2.52. The van der Waals surface area contributed by atoms with E-state index in [1.807, 2.05) is 43.5 Å². The van der Waals surface area contributed by atoms with Gasteiger partial charge < -0.3 is 19.7 Å². The minimum Gasteiger partial charge on any atom is -0.489 e. The van der Waals surface area contributed by atoms with E-state index >= 15 is 0 Å². The number of fused-ring (bicyclic) bond motifs is 7. The summed E-state index contributed by atoms with van der Waals surface area (Å²) in [6.07, 6.45) is 4.94. The summed E-state index contributed by atoms with van der Waals surface area (Å²) in [6.45, 7) is 5.60. The van der Waals surface area contributed by atoms with E-state index in [1.54, 1.807) is 10.8 Å². The minimum atomic E-state index is 0.359. The highest BCUT2D eigenvalue weighted by molar-refractivity contribution is 6.00. The molecule has 0 unspecified atom stereocenters. The zero-order chi connectivity index (χ0) is 24.9. The van der Waals surface area contributed by atoms with Crippen molar-refractivity contribution in [2.75, 3.05) is 43.5 Å². The van der Waals surface area contributed by atoms with Gasteiger partial charge in [0.25, 0.3) is 0 Å². The van der Waals surface area contributed by atoms with Crippen LogP contribution in [-0.4, -0.2) is 68.8 Å². The van der Waals surface area contributed by atoms with Gasteiger partial charge in [-0.25, -0.2) is 19.5 Å². The van der Waals surface area contributed by atoms with Crippen LogP contribution in [0.2, 0.25) is 0 Å². The summed E-state index contributed by atoms with van der Waals surface area (Å²) in [5, 5.41) is 8.53. The Hall–Kier alpha value is -4.44. The summed E-state index contributed by atoms with van der Waals surface area (Å²) in [4.78, 5) is 18.1. The Kier molecular flexibility index (Phi) is 5.07. The molecule has 186 valence electrons. The topological polar surface area (TPSA) is 92.9 Å². The molecule has 0 spiro atoms. The molecule has 10 heteroatoms. The van der Waals surface area contributed by atoms with Crippen LogP contribution in [-0.2, 0) is 0 Å². The maximum Gasteiger partial charge on any atom is 0.158 e. The second kappa shape index (κ2) is 8.59. The zero-order valence-corrected chi connectivity index (χ0v) is 20.6. The maximum atomic E-state index is 6.42. The number of likely N-dealkylation sites (N-methyl/N-ethyl adjacent to an activating group) is 1. The van der Waals surface area contributed by atoms with E-state index in [0.717, 1.165) is 70.4 Å². The largest absolute Gasteiger partial charge is 0.489 e. The number of benzene rings is 2. The fraction of sp³-hybridized carbons (Fsp3) is 0.259. The van der Waals surface area contributed by atoms with Gasteiger partial charge in [0, 0.05) is 37.6 Å². The third-order valence-electron chi connectivity index (χ3n) is 7.19. The average Bonchev–Trinajstić information content (AvgIpc) is 3.31. The number of anilines is 3. The van der Waals surface area contributed by atoms with Gasteiger partial charge in [0.15, 0.2) is 11.4 Å². The molecule has 0 amide bonds. The van der Waals surface area contributed by atoms with Crippen LogP contribution < -0.4 is 19.7 Å². The van der Waals surface area contributed by atoms with Gasteiger partial charge in [-0.05, 0) is 55.9 Å². The van der Waals surface area contributed by atoms with Crippen molar-refractivity contribution < 1.29 is 9.47 Å². The molecule has 3 aromatic heterocycles. The van der Waals surface area contributed by atoms with Crippen molar-refractivity contribution in [1.29, 1.82) is 0 Å². The van der Waals surface area contributed by atoms with Gasteiger partial charge in [0.1, 0.15) is 36.6 Å². The highest BCUT2D eigenvalue weighted by atomic mass is 16.5. The molecule has 1 atom stereocenters. The molecular formula is C27H26N8O2. The number of hydrogen-bond donors (Lipinski definition) is 1. The van der Waals surface area contributed by atoms with Gasteiger partial charge >= 0.3 is 0 Å². The molecule has 7 rings (SSSR count). The molecule has 1 saturated heterocycles. The number of pyridine rings is 1. The monoisotopic (exact) mass is 494 g/mol. The Morgan fingerprint density at radius 3 is 2.89 bits per heavy atom. The van der Waals surface area contributed by atoms with E-state index in [2.05, 4.69) is 54.3 Å². The summed E-state index contributed by atoms with van der Waals surface area (Å²) in [7, 11) is 2.16. The molecule has 1 fully saturated rings. The van der Waals surface area contributed by atoms with Gasteiger partial charge in [0.05, 0.1) is 22.6 Å². The normalized spacial score (nSPS) is 17.4. The summed E-state index contributed by atoms with van der Waals surface area (Å²) >= 11 is 0. The smallest absolute Gasteiger partial charge is 0.158 e. The second-order valence-corrected chi connectivity index (χ2v) is 9.55. The summed E-state index contributed by atoms with van der Waals surface area (Å²) in [5.74, 6) is 3.04. The van der Waals surface area contributed by atoms with Gasteiger partial charge in [-0.1, -0.05) is 0 Å². The lowest BCUT2D eigenvalue weighted by molar-refractivity contribution is 0.159. The first-order valence-corrected chi connectivity index (χ1v) is 12.3. The summed E-state index contributed by atoms with van der Waals surface area (Å²) in [5.41, 5.74) is 4.58. The van der Waals surface area contributed by atoms with Crippen LogP contribution in [0.3, 0.4) is 0 Å². The van der Waals surface area contributed by atoms with Crippen LogP contribution in [0.25, 0.3) is 16.6 Å². The Morgan fingerprint density at radius 1 is 1.03 bits per heavy atom. The Labute approximate surface area is 213 Å². The standard InChI is InChI=1S/C27H26N8O2/c1-17-11-18(3-6-23(17)37-20-7-8-35-24(12-20)29-16-31-35)32-27-25-21(28-15-30-27)4-5-22-26(25)36-14-19-13-34(22)10-9-33(19)2/h3-8,11-12,15-16,19H,9-10,13-14H2,1-2H3,(H,28,30,32)/t19-/m1/s1. The van der Waals surface area contributed by atoms with E-state index in [9.17, 15) is 0 Å². The molecule has 2 aliphatic rings. The van der Waals surface area contributed by atoms with Crippen molar-refractivity contribution in [2.24, 2.45) is 0 Å². The molecule has 10 nitrogen and oxygen atoms in total. The third-order valence-corrected chi connectivity index (χ3v) is 7.19. The molecule has 0 saturated carbocycles. The van der Waals surface area contributed by atoms with E-state index in [4.69, 9.17) is 9.47 Å². The number of nitrogens with one attached hydrogen (secondary N) is 1. The van der Waals surface area contributed by atoms with Gasteiger partial charge in [-0.15, -0.1) is 0 Å². The van der Waals surface area contributed by atoms with Crippen molar-refractivity contribution in [3.05, 3.63) is 66.9 Å². The van der Waals surface area contributed by atoms with Crippen molar-refractivity contribution in [3.8, 4) is 17.2 Å². The first-order valence-electron chi connectivity index (χ1n) is 12.3. The molecule has 2 bridgehead atoms. The molecule has 37 heavy (non-hydrogen) atoms. The SMILES string of the molecule is Cc1cc(Nc2ncnc3ccc4c(c23)OC[C@H]2CN4CCN2C)ccc1Oc1ccn2ncnc2c1. The number of hydrogen-bond acceptors (Lipinski definition) is 9. The number of ether oxygens (including phenoxy) is 2. The fourth-order valence-corrected chi connectivity index (χ4v) is 5.09. The van der Waals surface area contributed by atoms with Gasteiger partial charge in [-0.2, -0.15) is 5.10 Å². The minimum absolute atomic E-state index is 0.359. The summed E-state index contributed by atoms with van der Waals surface area (Å²) < 4.78 is 14.3. The predicted octanol–water partition coefficient (Wildman–Crippen LogP) is 4.03. The molecule has 2 aromatic carbocycles. The molecule has 5 aromatic rings. The number of aryl methyl sites for hydroxylation is 1. The lowest BCUT2D eigenvalue weighted by atomic mass is 10.1. The first-order chi connectivity index (χ1) is 18.1. The molecule has 1 N–H and O–H groups in total. The molecule has 2 aliphatic heterocycles. The maximum absolute atomic E-state index is 6.42. The average molecular weight is 495 g/mol. The molecule has 0 aliphatic carbocycles. The second-order valence-electron chi connectivity index (χ2n) is 9.55. The lowest BCUT2D eigenvalue weighted by Gasteiger charge is -2.37. The summed E-state index contributed by atoms with van der Waals surface area (Å²) in [6, 6.07) is 14.3. The van der Waals surface area contributed by atoms with E-state index < -0.39 is 0 Å². The molecule has 0 radical (unpaired) electrons. The zero-order valence-electron chi connectivity index (χ0n) is 20.6. The van der Waals surface area contributed by atoms with E-state index in [1.165, 1.54) is 6.33 Å². The first kappa shape index (κ1) is 21.8. The highest BCUT2D eigenvalue weighted by Crippen LogP contribution is 2.42. The van der Waals surface area contributed by atoms with Crippen LogP contribution in [0, 0.1) is 6.92 Å². The van der Waals surface area contributed by atoms with E-state index in [-0.39, 0.29) is 0 Å². The van der Waals surface area contributed by atoms with Crippen molar-refractivity contribution in [2.45, 2.75) is 13.0 Å². The van der Waals surface area contributed by atoms with Crippen LogP contribution in [0.4, 0.5) is 17.2 Å². The number of rotatable bonds is 4. The van der Waals surface area contributed by atoms with Crippen molar-refractivity contribution in [1.82, 2.24) is 29.5 Å². The van der Waals surface area contributed by atoms with Crippen LogP contribution >= 0.6 is 0 Å². The highest BCUT2D eigenvalue weighted by Gasteiger charge is 2.31. The van der Waals surface area contributed by atoms with Gasteiger partial charge in [-0.3, -0.25) is 4.90 Å². The Balaban J connectivity index is 1.20. The van der Waals surface area contributed by atoms with Gasteiger partial charge in [0.2, 0.25) is 0 Å². The quantitative estimate of drug-likeness (QED) is 0.397. The Morgan fingerprint density at radius 2 is 1.97 bits per heavy atom. The number of aromatic nitrogens is 5. The van der Waals surface area contributed by atoms with Crippen LogP contribution in [0.15, 0.2) is 61.3 Å². The van der Waals surface area contributed by atoms with Crippen LogP contribution in [0.5, 0.6) is 17.2 Å². The number of piperazine rings is 1. The predicted molar refractivity (Wildman–Crippen MR) is 141 cm³/mol. The molecular weight excluding hydrogens is 468 g/mol. The van der Waals surface area contributed by atoms with E-state index in [0.29, 0.717) is 18.4 Å². The third kappa shape index (κ3) is 3.86. The number of nitrogens with zero attached hydrogens (tertiary/aromatic N) is 7. The van der Waals surface area contributed by atoms with Crippen LogP contribution in [0.1, 0.15) is 5.56 Å². The van der Waals surface area contributed by atoms with Crippen molar-refractivity contribution >= 4 is 33.7 Å². The molecule has 5 heterocycles. The Bertz CT molecular complexity index is 1630. The fourth-order valence-electron chi connectivity index (χ4n) is 5.09.